The highest BCUT2D eigenvalue weighted by Gasteiger charge is 2.03. The molecule has 0 radical (unpaired) electrons. The fourth-order valence-electron chi connectivity index (χ4n) is 0.955. The molecule has 2 nitrogen and oxygen atoms in total. The van der Waals surface area contributed by atoms with E-state index in [0.29, 0.717) is 0 Å². The predicted octanol–water partition coefficient (Wildman–Crippen LogP) is 1.88. The maximum Gasteiger partial charge on any atom is 0.0710 e. The van der Waals surface area contributed by atoms with Crippen LogP contribution in [0.1, 0.15) is 6.42 Å². The lowest BCUT2D eigenvalue weighted by molar-refractivity contribution is 0.597. The third-order valence-corrected chi connectivity index (χ3v) is 2.68. The van der Waals surface area contributed by atoms with Crippen molar-refractivity contribution >= 4 is 11.8 Å². The van der Waals surface area contributed by atoms with E-state index in [1.54, 1.807) is 18.0 Å². The molecule has 66 valence electrons. The molecule has 0 spiro atoms. The van der Waals surface area contributed by atoms with E-state index in [0.717, 1.165) is 12.2 Å². The fraction of sp³-hybridized carbons (Fsp3) is 0.333. The van der Waals surface area contributed by atoms with Gasteiger partial charge in [-0.1, -0.05) is 18.2 Å². The Labute approximate surface area is 77.8 Å². The van der Waals surface area contributed by atoms with Crippen molar-refractivity contribution in [3.8, 4) is 0 Å². The van der Waals surface area contributed by atoms with Crippen LogP contribution < -0.4 is 5.73 Å². The third-order valence-electron chi connectivity index (χ3n) is 1.57. The molecule has 0 fully saturated rings. The highest BCUT2D eigenvalue weighted by Crippen LogP contribution is 2.22. The predicted molar refractivity (Wildman–Crippen MR) is 55.4 cm³/mol. The van der Waals surface area contributed by atoms with E-state index in [-0.39, 0.29) is 0 Å². The molecule has 12 heavy (non-hydrogen) atoms. The summed E-state index contributed by atoms with van der Waals surface area (Å²) in [6.07, 6.45) is 11.0. The first-order chi connectivity index (χ1) is 5.84. The number of allylic oxidation sites excluding steroid dienone is 2. The summed E-state index contributed by atoms with van der Waals surface area (Å²) in [4.78, 5) is 2.12. The zero-order valence-electron chi connectivity index (χ0n) is 7.23. The Kier molecular flexibility index (Phi) is 3.80. The second-order valence-electron chi connectivity index (χ2n) is 2.51. The summed E-state index contributed by atoms with van der Waals surface area (Å²) in [5, 5.41) is 1.30. The molecule has 0 saturated heterocycles. The van der Waals surface area contributed by atoms with Gasteiger partial charge < -0.3 is 10.6 Å². The maximum atomic E-state index is 5.24. The van der Waals surface area contributed by atoms with Gasteiger partial charge in [-0.05, 0) is 12.6 Å². The van der Waals surface area contributed by atoms with Crippen LogP contribution in [0.25, 0.3) is 0 Å². The monoisotopic (exact) mass is 182 g/mol. The first kappa shape index (κ1) is 9.26. The first-order valence-electron chi connectivity index (χ1n) is 3.94. The van der Waals surface area contributed by atoms with Crippen molar-refractivity contribution in [1.82, 2.24) is 4.90 Å². The van der Waals surface area contributed by atoms with Gasteiger partial charge >= 0.3 is 0 Å². The summed E-state index contributed by atoms with van der Waals surface area (Å²) in [6, 6.07) is 0. The van der Waals surface area contributed by atoms with Crippen LogP contribution in [-0.2, 0) is 0 Å². The van der Waals surface area contributed by atoms with Gasteiger partial charge in [0.15, 0.2) is 0 Å². The Bertz CT molecular complexity index is 219. The van der Waals surface area contributed by atoms with E-state index in [1.807, 2.05) is 6.08 Å². The number of hydrogen-bond donors (Lipinski definition) is 1. The molecule has 1 heterocycles. The zero-order chi connectivity index (χ0) is 8.81. The molecule has 1 aliphatic rings. The normalized spacial score (nSPS) is 17.1. The molecule has 0 bridgehead atoms. The number of hydrogen-bond acceptors (Lipinski definition) is 3. The SMILES string of the molecule is CN1C=CCC=C1SCC=CN. The van der Waals surface area contributed by atoms with Crippen LogP contribution in [0.3, 0.4) is 0 Å². The molecule has 0 unspecified atom stereocenters. The Morgan fingerprint density at radius 2 is 2.58 bits per heavy atom. The second-order valence-corrected chi connectivity index (χ2v) is 3.55. The van der Waals surface area contributed by atoms with Crippen LogP contribution in [0, 0.1) is 0 Å². The molecule has 0 saturated carbocycles. The largest absolute Gasteiger partial charge is 0.405 e. The van der Waals surface area contributed by atoms with Crippen molar-refractivity contribution in [3.63, 3.8) is 0 Å². The first-order valence-corrected chi connectivity index (χ1v) is 4.92. The molecule has 1 aliphatic heterocycles. The molecule has 0 atom stereocenters. The molecule has 1 rings (SSSR count). The summed E-state index contributed by atoms with van der Waals surface area (Å²) < 4.78 is 0. The standard InChI is InChI=1S/C9H14N2S/c1-11-7-3-2-5-9(11)12-8-4-6-10/h3-7H,2,8,10H2,1H3. The minimum atomic E-state index is 0.945. The number of nitrogens with two attached hydrogens (primary N) is 1. The lowest BCUT2D eigenvalue weighted by atomic mass is 10.3. The van der Waals surface area contributed by atoms with Crippen LogP contribution in [0.15, 0.2) is 35.7 Å². The van der Waals surface area contributed by atoms with Gasteiger partial charge in [0.1, 0.15) is 0 Å². The molecule has 2 N–H and O–H groups in total. The smallest absolute Gasteiger partial charge is 0.0710 e. The van der Waals surface area contributed by atoms with E-state index in [9.17, 15) is 0 Å². The summed E-state index contributed by atoms with van der Waals surface area (Å²) in [7, 11) is 2.06. The quantitative estimate of drug-likeness (QED) is 0.722. The van der Waals surface area contributed by atoms with Gasteiger partial charge in [-0.2, -0.15) is 0 Å². The molecule has 3 heteroatoms. The lowest BCUT2D eigenvalue weighted by Gasteiger charge is -2.19. The highest BCUT2D eigenvalue weighted by atomic mass is 32.2. The van der Waals surface area contributed by atoms with Gasteiger partial charge in [0.05, 0.1) is 5.03 Å². The second kappa shape index (κ2) is 4.93. The van der Waals surface area contributed by atoms with Crippen LogP contribution in [-0.4, -0.2) is 17.7 Å². The van der Waals surface area contributed by atoms with E-state index in [4.69, 9.17) is 5.73 Å². The molecule has 0 aromatic rings. The van der Waals surface area contributed by atoms with Crippen molar-refractivity contribution in [2.24, 2.45) is 5.73 Å². The van der Waals surface area contributed by atoms with E-state index >= 15 is 0 Å². The Morgan fingerprint density at radius 3 is 3.25 bits per heavy atom. The Hall–Kier alpha value is -0.830. The molecule has 0 amide bonds. The van der Waals surface area contributed by atoms with Gasteiger partial charge in [-0.15, -0.1) is 11.8 Å². The summed E-state index contributed by atoms with van der Waals surface area (Å²) >= 11 is 1.80. The van der Waals surface area contributed by atoms with Gasteiger partial charge in [0.25, 0.3) is 0 Å². The van der Waals surface area contributed by atoms with Crippen LogP contribution in [0.2, 0.25) is 0 Å². The number of rotatable bonds is 3. The maximum absolute atomic E-state index is 5.24. The van der Waals surface area contributed by atoms with E-state index in [1.165, 1.54) is 5.03 Å². The number of thioether (sulfide) groups is 1. The molecular formula is C9H14N2S. The van der Waals surface area contributed by atoms with Gasteiger partial charge in [-0.3, -0.25) is 0 Å². The summed E-state index contributed by atoms with van der Waals surface area (Å²) in [5.41, 5.74) is 5.24. The van der Waals surface area contributed by atoms with Crippen molar-refractivity contribution in [1.29, 1.82) is 0 Å². The fourth-order valence-corrected chi connectivity index (χ4v) is 1.81. The van der Waals surface area contributed by atoms with Crippen molar-refractivity contribution in [3.05, 3.63) is 35.7 Å². The summed E-state index contributed by atoms with van der Waals surface area (Å²) in [6.45, 7) is 0. The minimum Gasteiger partial charge on any atom is -0.405 e. The van der Waals surface area contributed by atoms with Crippen LogP contribution >= 0.6 is 11.8 Å². The molecule has 0 aromatic heterocycles. The van der Waals surface area contributed by atoms with Gasteiger partial charge in [0.2, 0.25) is 0 Å². The lowest BCUT2D eigenvalue weighted by Crippen LogP contribution is -2.10. The van der Waals surface area contributed by atoms with E-state index in [2.05, 4.69) is 30.3 Å². The van der Waals surface area contributed by atoms with E-state index < -0.39 is 0 Å². The van der Waals surface area contributed by atoms with Crippen molar-refractivity contribution in [2.75, 3.05) is 12.8 Å². The zero-order valence-corrected chi connectivity index (χ0v) is 8.05. The third kappa shape index (κ3) is 2.66. The van der Waals surface area contributed by atoms with Gasteiger partial charge in [-0.25, -0.2) is 0 Å². The average molecular weight is 182 g/mol. The molecular weight excluding hydrogens is 168 g/mol. The molecule has 0 aliphatic carbocycles. The summed E-state index contributed by atoms with van der Waals surface area (Å²) in [5.74, 6) is 0.945. The molecule has 0 aromatic carbocycles. The Balaban J connectivity index is 2.36. The highest BCUT2D eigenvalue weighted by molar-refractivity contribution is 8.03. The topological polar surface area (TPSA) is 29.3 Å². The Morgan fingerprint density at radius 1 is 1.75 bits per heavy atom. The van der Waals surface area contributed by atoms with Crippen LogP contribution in [0.4, 0.5) is 0 Å². The minimum absolute atomic E-state index is 0.945. The van der Waals surface area contributed by atoms with Gasteiger partial charge in [0, 0.05) is 19.0 Å². The van der Waals surface area contributed by atoms with Crippen molar-refractivity contribution in [2.45, 2.75) is 6.42 Å². The number of nitrogens with zero attached hydrogens (tertiary/aromatic N) is 1. The van der Waals surface area contributed by atoms with Crippen molar-refractivity contribution < 1.29 is 0 Å². The average Bonchev–Trinajstić information content (AvgIpc) is 2.09. The van der Waals surface area contributed by atoms with Crippen LogP contribution in [0.5, 0.6) is 0 Å².